The Hall–Kier alpha value is -1.94. The number of amides is 2. The highest BCUT2D eigenvalue weighted by atomic mass is 35.5. The Morgan fingerprint density at radius 1 is 1.50 bits per heavy atom. The summed E-state index contributed by atoms with van der Waals surface area (Å²) in [4.78, 5) is 17.4. The number of thioether (sulfide) groups is 1. The average Bonchev–Trinajstić information content (AvgIpc) is 2.57. The maximum Gasteiger partial charge on any atom is 0.389 e. The number of hydrogen-bond donors (Lipinski definition) is 3. The molecule has 1 heterocycles. The molecule has 0 spiro atoms. The van der Waals surface area contributed by atoms with Gasteiger partial charge in [-0.05, 0) is 19.1 Å². The number of halogens is 4. The molecule has 1 aromatic rings. The van der Waals surface area contributed by atoms with E-state index in [9.17, 15) is 18.0 Å². The van der Waals surface area contributed by atoms with Crippen LogP contribution in [0.1, 0.15) is 13.3 Å². The smallest absolute Gasteiger partial charge is 0.358 e. The minimum atomic E-state index is -4.21. The highest BCUT2D eigenvalue weighted by Crippen LogP contribution is 2.21. The normalized spacial score (nSPS) is 11.8. The molecule has 6 nitrogen and oxygen atoms in total. The predicted octanol–water partition coefficient (Wildman–Crippen LogP) is 4.23. The summed E-state index contributed by atoms with van der Waals surface area (Å²) in [6.45, 7) is 1.91. The first kappa shape index (κ1) is 22.1. The van der Waals surface area contributed by atoms with Crippen LogP contribution in [0.4, 0.5) is 23.7 Å². The summed E-state index contributed by atoms with van der Waals surface area (Å²) < 4.78 is 36.2. The zero-order valence-corrected chi connectivity index (χ0v) is 15.5. The molecule has 2 amide bonds. The SMILES string of the molecule is CCN(C(=O)NCSCCC(F)(F)F)/C(=C/Nc1cccnc1)C(=N)Cl. The highest BCUT2D eigenvalue weighted by molar-refractivity contribution is 7.99. The number of anilines is 1. The van der Waals surface area contributed by atoms with E-state index in [0.717, 1.165) is 11.8 Å². The molecule has 11 heteroatoms. The Labute approximate surface area is 158 Å². The van der Waals surface area contributed by atoms with Crippen molar-refractivity contribution in [1.82, 2.24) is 15.2 Å². The van der Waals surface area contributed by atoms with Crippen LogP contribution in [0.15, 0.2) is 36.4 Å². The van der Waals surface area contributed by atoms with Crippen LogP contribution in [0, 0.1) is 5.41 Å². The predicted molar refractivity (Wildman–Crippen MR) is 98.4 cm³/mol. The first-order chi connectivity index (χ1) is 12.2. The lowest BCUT2D eigenvalue weighted by atomic mass is 10.4. The minimum absolute atomic E-state index is 0.0182. The Kier molecular flexibility index (Phi) is 9.28. The van der Waals surface area contributed by atoms with Crippen LogP contribution < -0.4 is 10.6 Å². The lowest BCUT2D eigenvalue weighted by molar-refractivity contribution is -0.129. The van der Waals surface area contributed by atoms with Crippen LogP contribution >= 0.6 is 23.4 Å². The van der Waals surface area contributed by atoms with Gasteiger partial charge >= 0.3 is 12.2 Å². The van der Waals surface area contributed by atoms with Gasteiger partial charge in [-0.1, -0.05) is 11.6 Å². The number of hydrogen-bond acceptors (Lipinski definition) is 5. The fourth-order valence-corrected chi connectivity index (χ4v) is 2.65. The lowest BCUT2D eigenvalue weighted by Crippen LogP contribution is -2.40. The maximum absolute atomic E-state index is 12.2. The van der Waals surface area contributed by atoms with Crippen molar-refractivity contribution in [3.05, 3.63) is 36.4 Å². The number of nitrogens with zero attached hydrogens (tertiary/aromatic N) is 2. The Balaban J connectivity index is 2.63. The van der Waals surface area contributed by atoms with Crippen molar-refractivity contribution in [2.24, 2.45) is 0 Å². The van der Waals surface area contributed by atoms with Crippen molar-refractivity contribution in [3.8, 4) is 0 Å². The summed E-state index contributed by atoms with van der Waals surface area (Å²) in [5, 5.41) is 12.7. The fraction of sp³-hybridized carbons (Fsp3) is 0.400. The van der Waals surface area contributed by atoms with E-state index in [2.05, 4.69) is 15.6 Å². The second-order valence-corrected chi connectivity index (χ2v) is 6.36. The Morgan fingerprint density at radius 3 is 2.77 bits per heavy atom. The molecule has 0 bridgehead atoms. The summed E-state index contributed by atoms with van der Waals surface area (Å²) in [5.74, 6) is -0.128. The molecule has 1 aromatic heterocycles. The van der Waals surface area contributed by atoms with E-state index in [1.807, 2.05) is 0 Å². The third-order valence-electron chi connectivity index (χ3n) is 2.97. The van der Waals surface area contributed by atoms with Crippen molar-refractivity contribution < 1.29 is 18.0 Å². The number of aromatic nitrogens is 1. The van der Waals surface area contributed by atoms with Gasteiger partial charge in [0.1, 0.15) is 5.17 Å². The first-order valence-electron chi connectivity index (χ1n) is 7.55. The van der Waals surface area contributed by atoms with Gasteiger partial charge in [0.05, 0.1) is 29.9 Å². The van der Waals surface area contributed by atoms with Gasteiger partial charge in [0.15, 0.2) is 0 Å². The summed E-state index contributed by atoms with van der Waals surface area (Å²) in [7, 11) is 0. The monoisotopic (exact) mass is 409 g/mol. The van der Waals surface area contributed by atoms with Crippen LogP contribution in [0.2, 0.25) is 0 Å². The van der Waals surface area contributed by atoms with E-state index >= 15 is 0 Å². The lowest BCUT2D eigenvalue weighted by Gasteiger charge is -2.23. The summed E-state index contributed by atoms with van der Waals surface area (Å²) in [6, 6.07) is 2.90. The van der Waals surface area contributed by atoms with E-state index in [0.29, 0.717) is 5.69 Å². The second-order valence-electron chi connectivity index (χ2n) is 4.87. The van der Waals surface area contributed by atoms with Crippen LogP contribution in [0.5, 0.6) is 0 Å². The third kappa shape index (κ3) is 8.43. The van der Waals surface area contributed by atoms with E-state index in [4.69, 9.17) is 17.0 Å². The van der Waals surface area contributed by atoms with Gasteiger partial charge in [-0.15, -0.1) is 11.8 Å². The molecule has 0 unspecified atom stereocenters. The van der Waals surface area contributed by atoms with Crippen LogP contribution in [0.3, 0.4) is 0 Å². The topological polar surface area (TPSA) is 81.1 Å². The van der Waals surface area contributed by atoms with Crippen LogP contribution in [-0.4, -0.2) is 45.4 Å². The minimum Gasteiger partial charge on any atom is -0.358 e. The summed E-state index contributed by atoms with van der Waals surface area (Å²) in [5.41, 5.74) is 0.762. The molecule has 0 atom stereocenters. The zero-order valence-electron chi connectivity index (χ0n) is 13.9. The molecular weight excluding hydrogens is 391 g/mol. The third-order valence-corrected chi connectivity index (χ3v) is 4.00. The Morgan fingerprint density at radius 2 is 2.23 bits per heavy atom. The van der Waals surface area contributed by atoms with E-state index < -0.39 is 18.6 Å². The molecule has 0 saturated heterocycles. The molecule has 0 saturated carbocycles. The number of alkyl halides is 3. The van der Waals surface area contributed by atoms with Gasteiger partial charge in [-0.3, -0.25) is 15.3 Å². The largest absolute Gasteiger partial charge is 0.389 e. The number of carbonyl (C=O) groups is 1. The molecule has 144 valence electrons. The number of carbonyl (C=O) groups excluding carboxylic acids is 1. The first-order valence-corrected chi connectivity index (χ1v) is 9.09. The summed E-state index contributed by atoms with van der Waals surface area (Å²) >= 11 is 6.73. The van der Waals surface area contributed by atoms with Crippen LogP contribution in [0.25, 0.3) is 0 Å². The highest BCUT2D eigenvalue weighted by Gasteiger charge is 2.26. The molecule has 26 heavy (non-hydrogen) atoms. The van der Waals surface area contributed by atoms with Gasteiger partial charge in [0, 0.05) is 24.7 Å². The number of nitrogens with one attached hydrogen (secondary N) is 3. The summed E-state index contributed by atoms with van der Waals surface area (Å²) in [6.07, 6.45) is -0.584. The van der Waals surface area contributed by atoms with Gasteiger partial charge in [0.25, 0.3) is 0 Å². The number of pyridine rings is 1. The second kappa shape index (κ2) is 10.9. The van der Waals surface area contributed by atoms with Crippen LogP contribution in [-0.2, 0) is 0 Å². The van der Waals surface area contributed by atoms with Gasteiger partial charge < -0.3 is 10.6 Å². The average molecular weight is 410 g/mol. The van der Waals surface area contributed by atoms with Crippen molar-refractivity contribution >= 4 is 40.3 Å². The van der Waals surface area contributed by atoms with Crippen molar-refractivity contribution in [3.63, 3.8) is 0 Å². The molecule has 0 aliphatic rings. The number of allylic oxidation sites excluding steroid dienone is 1. The van der Waals surface area contributed by atoms with Crippen molar-refractivity contribution in [2.75, 3.05) is 23.5 Å². The molecule has 0 aliphatic heterocycles. The molecule has 3 N–H and O–H groups in total. The number of urea groups is 1. The van der Waals surface area contributed by atoms with E-state index in [1.54, 1.807) is 31.5 Å². The van der Waals surface area contributed by atoms with Crippen molar-refractivity contribution in [1.29, 1.82) is 5.41 Å². The maximum atomic E-state index is 12.2. The van der Waals surface area contributed by atoms with Gasteiger partial charge in [-0.2, -0.15) is 13.2 Å². The molecular formula is C15H19ClF3N5OS. The van der Waals surface area contributed by atoms with E-state index in [-0.39, 0.29) is 29.0 Å². The molecule has 1 rings (SSSR count). The quantitative estimate of drug-likeness (QED) is 0.324. The molecule has 0 fully saturated rings. The zero-order chi connectivity index (χ0) is 19.6. The Bertz CT molecular complexity index is 627. The van der Waals surface area contributed by atoms with E-state index in [1.165, 1.54) is 11.1 Å². The molecule has 0 aliphatic carbocycles. The van der Waals surface area contributed by atoms with Gasteiger partial charge in [-0.25, -0.2) is 4.79 Å². The molecule has 0 aromatic carbocycles. The van der Waals surface area contributed by atoms with Gasteiger partial charge in [0.2, 0.25) is 0 Å². The van der Waals surface area contributed by atoms with Crippen molar-refractivity contribution in [2.45, 2.75) is 19.5 Å². The molecule has 0 radical (unpaired) electrons. The number of rotatable bonds is 9. The standard InChI is InChI=1S/C15H19ClF3N5OS/c1-2-24(14(25)23-10-26-7-5-15(17,18)19)12(13(16)20)9-22-11-4-3-6-21-8-11/h3-4,6,8-9,20,22H,2,5,7,10H2,1H3,(H,23,25)/b12-9+,20-13?. The fourth-order valence-electron chi connectivity index (χ4n) is 1.75.